The van der Waals surface area contributed by atoms with Crippen molar-refractivity contribution in [2.24, 2.45) is 0 Å². The van der Waals surface area contributed by atoms with Crippen LogP contribution in [0.4, 0.5) is 0 Å². The summed E-state index contributed by atoms with van der Waals surface area (Å²) in [6, 6.07) is 14.1. The maximum Gasteiger partial charge on any atom is 0.303 e. The Labute approximate surface area is 130 Å². The molecular weight excluding hydrogens is 278 g/mol. The van der Waals surface area contributed by atoms with Crippen molar-refractivity contribution in [1.29, 1.82) is 0 Å². The van der Waals surface area contributed by atoms with Gasteiger partial charge in [0.2, 0.25) is 5.91 Å². The SMILES string of the molecule is CC(NC(=O)CCCCC(=O)O)c1cccc2ccccc12. The number of benzene rings is 2. The van der Waals surface area contributed by atoms with E-state index in [1.54, 1.807) is 0 Å². The fourth-order valence-corrected chi connectivity index (χ4v) is 2.58. The van der Waals surface area contributed by atoms with Crippen molar-refractivity contribution in [3.8, 4) is 0 Å². The first-order valence-electron chi connectivity index (χ1n) is 7.57. The Kier molecular flexibility index (Phi) is 5.53. The van der Waals surface area contributed by atoms with Crippen LogP contribution in [0.2, 0.25) is 0 Å². The molecule has 0 radical (unpaired) electrons. The molecule has 4 nitrogen and oxygen atoms in total. The number of nitrogens with one attached hydrogen (secondary N) is 1. The van der Waals surface area contributed by atoms with Gasteiger partial charge in [0, 0.05) is 12.8 Å². The summed E-state index contributed by atoms with van der Waals surface area (Å²) >= 11 is 0. The van der Waals surface area contributed by atoms with Gasteiger partial charge in [-0.3, -0.25) is 9.59 Å². The minimum absolute atomic E-state index is 0.0363. The van der Waals surface area contributed by atoms with Gasteiger partial charge in [0.1, 0.15) is 0 Å². The molecule has 0 heterocycles. The molecule has 0 aliphatic rings. The lowest BCUT2D eigenvalue weighted by Gasteiger charge is -2.16. The molecule has 1 atom stereocenters. The van der Waals surface area contributed by atoms with E-state index in [9.17, 15) is 9.59 Å². The quantitative estimate of drug-likeness (QED) is 0.767. The number of aliphatic carboxylic acids is 1. The summed E-state index contributed by atoms with van der Waals surface area (Å²) in [5.74, 6) is -0.852. The minimum Gasteiger partial charge on any atom is -0.481 e. The summed E-state index contributed by atoms with van der Waals surface area (Å²) in [5, 5.41) is 13.9. The second-order valence-corrected chi connectivity index (χ2v) is 5.46. The third kappa shape index (κ3) is 4.32. The van der Waals surface area contributed by atoms with Crippen molar-refractivity contribution in [1.82, 2.24) is 5.32 Å². The van der Waals surface area contributed by atoms with Crippen molar-refractivity contribution in [3.63, 3.8) is 0 Å². The van der Waals surface area contributed by atoms with Gasteiger partial charge < -0.3 is 10.4 Å². The average molecular weight is 299 g/mol. The van der Waals surface area contributed by atoms with Crippen LogP contribution in [0.25, 0.3) is 10.8 Å². The number of carboxylic acids is 1. The fraction of sp³-hybridized carbons (Fsp3) is 0.333. The molecule has 1 unspecified atom stereocenters. The van der Waals surface area contributed by atoms with Crippen LogP contribution in [0.3, 0.4) is 0 Å². The normalized spacial score (nSPS) is 12.0. The Bertz CT molecular complexity index is 661. The highest BCUT2D eigenvalue weighted by molar-refractivity contribution is 5.86. The smallest absolute Gasteiger partial charge is 0.303 e. The van der Waals surface area contributed by atoms with Crippen LogP contribution in [-0.2, 0) is 9.59 Å². The van der Waals surface area contributed by atoms with Crippen molar-refractivity contribution >= 4 is 22.6 Å². The highest BCUT2D eigenvalue weighted by Gasteiger charge is 2.12. The first kappa shape index (κ1) is 16.0. The van der Waals surface area contributed by atoms with E-state index < -0.39 is 5.97 Å². The van der Waals surface area contributed by atoms with Gasteiger partial charge in [-0.15, -0.1) is 0 Å². The van der Waals surface area contributed by atoms with Gasteiger partial charge in [0.25, 0.3) is 0 Å². The van der Waals surface area contributed by atoms with E-state index in [0.29, 0.717) is 19.3 Å². The summed E-state index contributed by atoms with van der Waals surface area (Å²) in [5.41, 5.74) is 1.09. The Balaban J connectivity index is 1.95. The van der Waals surface area contributed by atoms with E-state index in [1.165, 1.54) is 0 Å². The lowest BCUT2D eigenvalue weighted by molar-refractivity contribution is -0.137. The van der Waals surface area contributed by atoms with E-state index in [4.69, 9.17) is 5.11 Å². The number of hydrogen-bond acceptors (Lipinski definition) is 2. The second-order valence-electron chi connectivity index (χ2n) is 5.46. The second kappa shape index (κ2) is 7.59. The molecule has 0 aliphatic carbocycles. The molecule has 2 rings (SSSR count). The summed E-state index contributed by atoms with van der Waals surface area (Å²) in [6.07, 6.45) is 1.61. The van der Waals surface area contributed by atoms with Crippen LogP contribution in [0.15, 0.2) is 42.5 Å². The first-order chi connectivity index (χ1) is 10.6. The molecule has 1 amide bonds. The number of unbranched alkanes of at least 4 members (excludes halogenated alkanes) is 1. The Morgan fingerprint density at radius 1 is 1.05 bits per heavy atom. The predicted octanol–water partition coefficient (Wildman–Crippen LogP) is 3.66. The number of amides is 1. The van der Waals surface area contributed by atoms with E-state index in [2.05, 4.69) is 23.5 Å². The molecule has 0 bridgehead atoms. The van der Waals surface area contributed by atoms with Gasteiger partial charge in [-0.25, -0.2) is 0 Å². The Morgan fingerprint density at radius 3 is 2.50 bits per heavy atom. The van der Waals surface area contributed by atoms with Crippen LogP contribution in [0, 0.1) is 0 Å². The molecule has 2 aromatic rings. The maximum atomic E-state index is 11.9. The van der Waals surface area contributed by atoms with Crippen molar-refractivity contribution in [2.45, 2.75) is 38.6 Å². The molecule has 0 saturated carbocycles. The molecule has 4 heteroatoms. The molecule has 2 aromatic carbocycles. The number of carbonyl (C=O) groups is 2. The molecule has 0 saturated heterocycles. The van der Waals surface area contributed by atoms with Gasteiger partial charge in [0.15, 0.2) is 0 Å². The number of carboxylic acid groups (broad SMARTS) is 1. The molecule has 0 aliphatic heterocycles. The zero-order chi connectivity index (χ0) is 15.9. The van der Waals surface area contributed by atoms with Crippen LogP contribution >= 0.6 is 0 Å². The number of hydrogen-bond donors (Lipinski definition) is 2. The summed E-state index contributed by atoms with van der Waals surface area (Å²) in [4.78, 5) is 22.4. The minimum atomic E-state index is -0.815. The standard InChI is InChI=1S/C18H21NO3/c1-13(19-17(20)11-4-5-12-18(21)22)15-10-6-8-14-7-2-3-9-16(14)15/h2-3,6-10,13H,4-5,11-12H2,1H3,(H,19,20)(H,21,22). The molecular formula is C18H21NO3. The van der Waals surface area contributed by atoms with Crippen LogP contribution < -0.4 is 5.32 Å². The van der Waals surface area contributed by atoms with Crippen LogP contribution in [0.1, 0.15) is 44.2 Å². The highest BCUT2D eigenvalue weighted by Crippen LogP contribution is 2.24. The fourth-order valence-electron chi connectivity index (χ4n) is 2.58. The van der Waals surface area contributed by atoms with Crippen molar-refractivity contribution < 1.29 is 14.7 Å². The topological polar surface area (TPSA) is 66.4 Å². The van der Waals surface area contributed by atoms with Crippen molar-refractivity contribution in [3.05, 3.63) is 48.0 Å². The lowest BCUT2D eigenvalue weighted by Crippen LogP contribution is -2.26. The third-order valence-corrected chi connectivity index (χ3v) is 3.71. The van der Waals surface area contributed by atoms with Crippen LogP contribution in [-0.4, -0.2) is 17.0 Å². The molecule has 0 spiro atoms. The van der Waals surface area contributed by atoms with Crippen LogP contribution in [0.5, 0.6) is 0 Å². The van der Waals surface area contributed by atoms with Gasteiger partial charge in [0.05, 0.1) is 6.04 Å². The highest BCUT2D eigenvalue weighted by atomic mass is 16.4. The number of fused-ring (bicyclic) bond motifs is 1. The summed E-state index contributed by atoms with van der Waals surface area (Å²) in [6.45, 7) is 1.97. The van der Waals surface area contributed by atoms with E-state index in [0.717, 1.165) is 16.3 Å². The van der Waals surface area contributed by atoms with E-state index >= 15 is 0 Å². The first-order valence-corrected chi connectivity index (χ1v) is 7.57. The van der Waals surface area contributed by atoms with E-state index in [1.807, 2.05) is 31.2 Å². The maximum absolute atomic E-state index is 11.9. The van der Waals surface area contributed by atoms with Gasteiger partial charge >= 0.3 is 5.97 Å². The monoisotopic (exact) mass is 299 g/mol. The molecule has 0 aromatic heterocycles. The molecule has 116 valence electrons. The number of rotatable bonds is 7. The summed E-state index contributed by atoms with van der Waals surface area (Å²) in [7, 11) is 0. The lowest BCUT2D eigenvalue weighted by atomic mass is 9.99. The van der Waals surface area contributed by atoms with E-state index in [-0.39, 0.29) is 18.4 Å². The largest absolute Gasteiger partial charge is 0.481 e. The molecule has 0 fully saturated rings. The molecule has 22 heavy (non-hydrogen) atoms. The zero-order valence-electron chi connectivity index (χ0n) is 12.7. The van der Waals surface area contributed by atoms with Crippen molar-refractivity contribution in [2.75, 3.05) is 0 Å². The van der Waals surface area contributed by atoms with Gasteiger partial charge in [-0.1, -0.05) is 42.5 Å². The zero-order valence-corrected chi connectivity index (χ0v) is 12.7. The number of carbonyl (C=O) groups excluding carboxylic acids is 1. The van der Waals surface area contributed by atoms with Gasteiger partial charge in [-0.05, 0) is 36.1 Å². The Hall–Kier alpha value is -2.36. The molecule has 2 N–H and O–H groups in total. The average Bonchev–Trinajstić information content (AvgIpc) is 2.50. The van der Waals surface area contributed by atoms with Gasteiger partial charge in [-0.2, -0.15) is 0 Å². The third-order valence-electron chi connectivity index (χ3n) is 3.71. The Morgan fingerprint density at radius 2 is 1.73 bits per heavy atom. The summed E-state index contributed by atoms with van der Waals surface area (Å²) < 4.78 is 0. The predicted molar refractivity (Wildman–Crippen MR) is 86.6 cm³/mol.